The Kier molecular flexibility index (Phi) is 7.32. The van der Waals surface area contributed by atoms with Crippen molar-refractivity contribution in [3.05, 3.63) is 64.7 Å². The van der Waals surface area contributed by atoms with Crippen LogP contribution in [0.25, 0.3) is 0 Å². The molecule has 3 N–H and O–H groups in total. The maximum Gasteiger partial charge on any atom is 0.269 e. The highest BCUT2D eigenvalue weighted by Crippen LogP contribution is 2.15. The van der Waals surface area contributed by atoms with Gasteiger partial charge in [-0.15, -0.1) is 0 Å². The van der Waals surface area contributed by atoms with E-state index in [2.05, 4.69) is 16.2 Å². The summed E-state index contributed by atoms with van der Waals surface area (Å²) in [6.07, 6.45) is 0. The molecule has 0 bridgehead atoms. The van der Waals surface area contributed by atoms with Crippen molar-refractivity contribution in [2.24, 2.45) is 0 Å². The monoisotopic (exact) mass is 438 g/mol. The number of nitrogens with one attached hydrogen (secondary N) is 3. The van der Waals surface area contributed by atoms with Crippen LogP contribution in [0.15, 0.2) is 53.4 Å². The zero-order valence-corrected chi connectivity index (χ0v) is 17.2. The van der Waals surface area contributed by atoms with Gasteiger partial charge in [-0.05, 0) is 30.3 Å². The van der Waals surface area contributed by atoms with Gasteiger partial charge in [-0.25, -0.2) is 12.7 Å². The average molecular weight is 439 g/mol. The number of hydrazine groups is 1. The number of halogens is 1. The molecule has 0 aliphatic rings. The van der Waals surface area contributed by atoms with Crippen LogP contribution in [0.4, 0.5) is 0 Å². The number of nitrogens with zero attached hydrogens (tertiary/aromatic N) is 1. The standard InChI is InChI=1S/C18H19ClN4O5S/c1-23(2)29(27,28)13-7-5-6-12(10-13)17(25)22-21-16(24)11-20-18(26)14-8-3-4-9-15(14)19/h3-10H,11H2,1-2H3,(H,20,26)(H,21,24)(H,22,25). The first kappa shape index (κ1) is 22.3. The van der Waals surface area contributed by atoms with Crippen LogP contribution in [0.1, 0.15) is 20.7 Å². The van der Waals surface area contributed by atoms with Crippen molar-refractivity contribution < 1.29 is 22.8 Å². The first-order valence-corrected chi connectivity index (χ1v) is 10.1. The van der Waals surface area contributed by atoms with Crippen LogP contribution >= 0.6 is 11.6 Å². The Balaban J connectivity index is 1.91. The van der Waals surface area contributed by atoms with Gasteiger partial charge in [0.05, 0.1) is 22.0 Å². The van der Waals surface area contributed by atoms with Crippen LogP contribution in [0.3, 0.4) is 0 Å². The number of hydrogen-bond acceptors (Lipinski definition) is 5. The van der Waals surface area contributed by atoms with Crippen molar-refractivity contribution in [1.82, 2.24) is 20.5 Å². The molecule has 11 heteroatoms. The van der Waals surface area contributed by atoms with Gasteiger partial charge in [-0.1, -0.05) is 29.8 Å². The lowest BCUT2D eigenvalue weighted by Crippen LogP contribution is -2.46. The summed E-state index contributed by atoms with van der Waals surface area (Å²) >= 11 is 5.91. The maximum absolute atomic E-state index is 12.2. The van der Waals surface area contributed by atoms with Gasteiger partial charge in [-0.3, -0.25) is 25.2 Å². The summed E-state index contributed by atoms with van der Waals surface area (Å²) in [5, 5.41) is 2.61. The molecule has 2 rings (SSSR count). The van der Waals surface area contributed by atoms with E-state index in [0.717, 1.165) is 4.31 Å². The van der Waals surface area contributed by atoms with Crippen molar-refractivity contribution in [2.45, 2.75) is 4.90 Å². The van der Waals surface area contributed by atoms with Crippen LogP contribution in [0.2, 0.25) is 5.02 Å². The maximum atomic E-state index is 12.2. The fourth-order valence-corrected chi connectivity index (χ4v) is 3.32. The molecule has 0 fully saturated rings. The largest absolute Gasteiger partial charge is 0.343 e. The quantitative estimate of drug-likeness (QED) is 0.575. The van der Waals surface area contributed by atoms with Gasteiger partial charge in [0, 0.05) is 19.7 Å². The molecule has 0 aliphatic carbocycles. The zero-order chi connectivity index (χ0) is 21.6. The Hall–Kier alpha value is -2.95. The first-order chi connectivity index (χ1) is 13.6. The molecule has 0 radical (unpaired) electrons. The van der Waals surface area contributed by atoms with Crippen LogP contribution < -0.4 is 16.2 Å². The van der Waals surface area contributed by atoms with E-state index in [1.54, 1.807) is 18.2 Å². The van der Waals surface area contributed by atoms with Gasteiger partial charge >= 0.3 is 0 Å². The molecule has 0 spiro atoms. The predicted octanol–water partition coefficient (Wildman–Crippen LogP) is 0.781. The lowest BCUT2D eigenvalue weighted by atomic mass is 10.2. The third-order valence-electron chi connectivity index (χ3n) is 3.72. The lowest BCUT2D eigenvalue weighted by molar-refractivity contribution is -0.120. The van der Waals surface area contributed by atoms with E-state index in [0.29, 0.717) is 0 Å². The number of carbonyl (C=O) groups is 3. The van der Waals surface area contributed by atoms with Crippen LogP contribution in [-0.2, 0) is 14.8 Å². The molecule has 3 amide bonds. The highest BCUT2D eigenvalue weighted by Gasteiger charge is 2.19. The second-order valence-corrected chi connectivity index (χ2v) is 8.54. The van der Waals surface area contributed by atoms with E-state index in [-0.39, 0.29) is 21.0 Å². The Bertz CT molecular complexity index is 1040. The SMILES string of the molecule is CN(C)S(=O)(=O)c1cccc(C(=O)NNC(=O)CNC(=O)c2ccccc2Cl)c1. The summed E-state index contributed by atoms with van der Waals surface area (Å²) in [6, 6.07) is 11.7. The van der Waals surface area contributed by atoms with Gasteiger partial charge < -0.3 is 5.32 Å². The molecule has 154 valence electrons. The summed E-state index contributed by atoms with van der Waals surface area (Å²) in [4.78, 5) is 35.9. The minimum Gasteiger partial charge on any atom is -0.343 e. The van der Waals surface area contributed by atoms with Crippen molar-refractivity contribution in [1.29, 1.82) is 0 Å². The van der Waals surface area contributed by atoms with Gasteiger partial charge in [0.15, 0.2) is 0 Å². The second kappa shape index (κ2) is 9.50. The van der Waals surface area contributed by atoms with Gasteiger partial charge in [-0.2, -0.15) is 0 Å². The molecule has 9 nitrogen and oxygen atoms in total. The summed E-state index contributed by atoms with van der Waals surface area (Å²) in [6.45, 7) is -0.403. The Morgan fingerprint density at radius 1 is 0.966 bits per heavy atom. The molecule has 2 aromatic carbocycles. The topological polar surface area (TPSA) is 125 Å². The molecule has 0 saturated heterocycles. The number of sulfonamides is 1. The molecular weight excluding hydrogens is 420 g/mol. The van der Waals surface area contributed by atoms with Gasteiger partial charge in [0.1, 0.15) is 0 Å². The van der Waals surface area contributed by atoms with Crippen molar-refractivity contribution in [2.75, 3.05) is 20.6 Å². The summed E-state index contributed by atoms with van der Waals surface area (Å²) in [5.74, 6) is -1.94. The molecule has 0 unspecified atom stereocenters. The minimum atomic E-state index is -3.70. The van der Waals surface area contributed by atoms with Crippen LogP contribution in [0, 0.1) is 0 Å². The van der Waals surface area contributed by atoms with Gasteiger partial charge in [0.25, 0.3) is 17.7 Å². The molecule has 0 saturated carbocycles. The normalized spacial score (nSPS) is 11.0. The molecule has 29 heavy (non-hydrogen) atoms. The fraction of sp³-hybridized carbons (Fsp3) is 0.167. The fourth-order valence-electron chi connectivity index (χ4n) is 2.15. The smallest absolute Gasteiger partial charge is 0.269 e. The van der Waals surface area contributed by atoms with E-state index in [4.69, 9.17) is 11.6 Å². The Labute approximate surface area is 173 Å². The van der Waals surface area contributed by atoms with E-state index in [9.17, 15) is 22.8 Å². The highest BCUT2D eigenvalue weighted by molar-refractivity contribution is 7.89. The zero-order valence-electron chi connectivity index (χ0n) is 15.6. The predicted molar refractivity (Wildman–Crippen MR) is 107 cm³/mol. The molecule has 0 atom stereocenters. The summed E-state index contributed by atoms with van der Waals surface area (Å²) < 4.78 is 25.3. The highest BCUT2D eigenvalue weighted by atomic mass is 35.5. The first-order valence-electron chi connectivity index (χ1n) is 8.27. The number of carbonyl (C=O) groups excluding carboxylic acids is 3. The Morgan fingerprint density at radius 3 is 2.31 bits per heavy atom. The molecule has 0 aliphatic heterocycles. The van der Waals surface area contributed by atoms with Crippen LogP contribution in [0.5, 0.6) is 0 Å². The molecule has 0 aromatic heterocycles. The van der Waals surface area contributed by atoms with Gasteiger partial charge in [0.2, 0.25) is 10.0 Å². The third-order valence-corrected chi connectivity index (χ3v) is 5.86. The van der Waals surface area contributed by atoms with E-state index in [1.807, 2.05) is 0 Å². The van der Waals surface area contributed by atoms with E-state index < -0.39 is 34.3 Å². The number of rotatable bonds is 6. The minimum absolute atomic E-state index is 0.0355. The second-order valence-electron chi connectivity index (χ2n) is 5.98. The summed E-state index contributed by atoms with van der Waals surface area (Å²) in [7, 11) is -0.956. The van der Waals surface area contributed by atoms with Crippen molar-refractivity contribution in [3.63, 3.8) is 0 Å². The van der Waals surface area contributed by atoms with Crippen LogP contribution in [-0.4, -0.2) is 51.1 Å². The molecule has 2 aromatic rings. The lowest BCUT2D eigenvalue weighted by Gasteiger charge is -2.12. The molecular formula is C18H19ClN4O5S. The van der Waals surface area contributed by atoms with E-state index in [1.165, 1.54) is 44.4 Å². The third kappa shape index (κ3) is 5.76. The number of benzene rings is 2. The van der Waals surface area contributed by atoms with Crippen molar-refractivity contribution >= 4 is 39.3 Å². The average Bonchev–Trinajstić information content (AvgIpc) is 2.70. The van der Waals surface area contributed by atoms with E-state index >= 15 is 0 Å². The Morgan fingerprint density at radius 2 is 1.66 bits per heavy atom. The van der Waals surface area contributed by atoms with Crippen molar-refractivity contribution in [3.8, 4) is 0 Å². The molecule has 0 heterocycles. The number of amides is 3. The summed E-state index contributed by atoms with van der Waals surface area (Å²) in [5.41, 5.74) is 4.54. The number of hydrogen-bond donors (Lipinski definition) is 3.